The van der Waals surface area contributed by atoms with Crippen LogP contribution >= 0.6 is 0 Å². The van der Waals surface area contributed by atoms with Crippen molar-refractivity contribution in [2.45, 2.75) is 24.4 Å². The SMILES string of the molecule is CN1CC2(CN(C(=O)c3cc(=O)[nH]c(C4CC4)n3)C2)OC1=O. The summed E-state index contributed by atoms with van der Waals surface area (Å²) in [5, 5.41) is 0. The van der Waals surface area contributed by atoms with E-state index in [0.717, 1.165) is 12.8 Å². The highest BCUT2D eigenvalue weighted by Crippen LogP contribution is 2.37. The number of H-pyrrole nitrogens is 1. The number of aromatic amines is 1. The molecule has 0 unspecified atom stereocenters. The average molecular weight is 304 g/mol. The molecule has 3 aliphatic rings. The van der Waals surface area contributed by atoms with Gasteiger partial charge < -0.3 is 19.5 Å². The van der Waals surface area contributed by atoms with Crippen molar-refractivity contribution >= 4 is 12.0 Å². The van der Waals surface area contributed by atoms with Crippen molar-refractivity contribution in [3.8, 4) is 0 Å². The van der Waals surface area contributed by atoms with Crippen LogP contribution in [0.25, 0.3) is 0 Å². The van der Waals surface area contributed by atoms with Gasteiger partial charge in [0.1, 0.15) is 11.5 Å². The number of rotatable bonds is 2. The lowest BCUT2D eigenvalue weighted by Gasteiger charge is -2.45. The number of carbonyl (C=O) groups excluding carboxylic acids is 2. The number of nitrogens with one attached hydrogen (secondary N) is 1. The molecule has 0 bridgehead atoms. The number of carbonyl (C=O) groups is 2. The summed E-state index contributed by atoms with van der Waals surface area (Å²) in [6.07, 6.45) is 1.63. The number of amides is 2. The molecule has 1 aromatic heterocycles. The molecular formula is C14H16N4O4. The zero-order chi connectivity index (χ0) is 15.5. The van der Waals surface area contributed by atoms with E-state index in [2.05, 4.69) is 9.97 Å². The molecule has 1 aromatic rings. The fraction of sp³-hybridized carbons (Fsp3) is 0.571. The first-order valence-electron chi connectivity index (χ1n) is 7.30. The van der Waals surface area contributed by atoms with E-state index in [1.165, 1.54) is 11.0 Å². The highest BCUT2D eigenvalue weighted by Gasteiger charge is 2.54. The predicted octanol–water partition coefficient (Wildman–Crippen LogP) is -0.0761. The molecule has 3 fully saturated rings. The van der Waals surface area contributed by atoms with Gasteiger partial charge in [0.15, 0.2) is 5.60 Å². The van der Waals surface area contributed by atoms with Crippen molar-refractivity contribution in [3.05, 3.63) is 27.9 Å². The molecule has 1 saturated carbocycles. The maximum Gasteiger partial charge on any atom is 0.410 e. The van der Waals surface area contributed by atoms with Crippen molar-refractivity contribution in [1.82, 2.24) is 19.8 Å². The molecule has 8 nitrogen and oxygen atoms in total. The molecule has 4 rings (SSSR count). The fourth-order valence-corrected chi connectivity index (χ4v) is 3.05. The van der Waals surface area contributed by atoms with E-state index in [1.807, 2.05) is 0 Å². The molecule has 2 amide bonds. The smallest absolute Gasteiger partial charge is 0.410 e. The number of likely N-dealkylation sites (N-methyl/N-ethyl adjacent to an activating group) is 1. The second-order valence-corrected chi connectivity index (χ2v) is 6.36. The Labute approximate surface area is 126 Å². The summed E-state index contributed by atoms with van der Waals surface area (Å²) < 4.78 is 5.31. The molecule has 2 aliphatic heterocycles. The van der Waals surface area contributed by atoms with Gasteiger partial charge in [-0.15, -0.1) is 0 Å². The Morgan fingerprint density at radius 2 is 2.09 bits per heavy atom. The first-order valence-corrected chi connectivity index (χ1v) is 7.30. The minimum atomic E-state index is -0.595. The van der Waals surface area contributed by atoms with Gasteiger partial charge in [-0.1, -0.05) is 0 Å². The first-order chi connectivity index (χ1) is 10.5. The zero-order valence-corrected chi connectivity index (χ0v) is 12.2. The van der Waals surface area contributed by atoms with Crippen molar-refractivity contribution in [3.63, 3.8) is 0 Å². The summed E-state index contributed by atoms with van der Waals surface area (Å²) in [5.41, 5.74) is -0.733. The molecule has 116 valence electrons. The van der Waals surface area contributed by atoms with E-state index in [0.29, 0.717) is 25.5 Å². The van der Waals surface area contributed by atoms with Gasteiger partial charge in [-0.05, 0) is 12.8 Å². The Balaban J connectivity index is 1.50. The summed E-state index contributed by atoms with van der Waals surface area (Å²) in [6, 6.07) is 1.23. The van der Waals surface area contributed by atoms with Gasteiger partial charge in [0.25, 0.3) is 11.5 Å². The lowest BCUT2D eigenvalue weighted by Crippen LogP contribution is -2.65. The van der Waals surface area contributed by atoms with Crippen molar-refractivity contribution < 1.29 is 14.3 Å². The molecule has 3 heterocycles. The summed E-state index contributed by atoms with van der Waals surface area (Å²) in [6.45, 7) is 1.16. The van der Waals surface area contributed by atoms with Crippen LogP contribution in [-0.4, -0.2) is 64.1 Å². The Hall–Kier alpha value is -2.38. The van der Waals surface area contributed by atoms with E-state index in [4.69, 9.17) is 4.74 Å². The van der Waals surface area contributed by atoms with E-state index in [1.54, 1.807) is 11.9 Å². The van der Waals surface area contributed by atoms with Gasteiger partial charge in [-0.25, -0.2) is 9.78 Å². The van der Waals surface area contributed by atoms with Crippen molar-refractivity contribution in [2.24, 2.45) is 0 Å². The average Bonchev–Trinajstić information content (AvgIpc) is 3.22. The Morgan fingerprint density at radius 1 is 1.36 bits per heavy atom. The van der Waals surface area contributed by atoms with Gasteiger partial charge in [-0.3, -0.25) is 9.59 Å². The van der Waals surface area contributed by atoms with E-state index in [-0.39, 0.29) is 29.2 Å². The Bertz CT molecular complexity index is 718. The van der Waals surface area contributed by atoms with Crippen LogP contribution in [0, 0.1) is 0 Å². The van der Waals surface area contributed by atoms with E-state index in [9.17, 15) is 14.4 Å². The minimum absolute atomic E-state index is 0.165. The zero-order valence-electron chi connectivity index (χ0n) is 12.2. The number of hydrogen-bond donors (Lipinski definition) is 1. The molecular weight excluding hydrogens is 288 g/mol. The van der Waals surface area contributed by atoms with Crippen LogP contribution in [0.2, 0.25) is 0 Å². The Kier molecular flexibility index (Phi) is 2.60. The van der Waals surface area contributed by atoms with Gasteiger partial charge in [-0.2, -0.15) is 0 Å². The summed E-state index contributed by atoms with van der Waals surface area (Å²) in [5.74, 6) is 0.579. The molecule has 22 heavy (non-hydrogen) atoms. The second-order valence-electron chi connectivity index (χ2n) is 6.36. The topological polar surface area (TPSA) is 95.6 Å². The second kappa shape index (κ2) is 4.31. The van der Waals surface area contributed by atoms with E-state index < -0.39 is 5.60 Å². The molecule has 8 heteroatoms. The highest BCUT2D eigenvalue weighted by atomic mass is 16.6. The van der Waals surface area contributed by atoms with Crippen LogP contribution in [0.3, 0.4) is 0 Å². The van der Waals surface area contributed by atoms with Gasteiger partial charge >= 0.3 is 6.09 Å². The van der Waals surface area contributed by atoms with Crippen LogP contribution in [0.15, 0.2) is 10.9 Å². The number of aromatic nitrogens is 2. The molecule has 2 saturated heterocycles. The van der Waals surface area contributed by atoms with Crippen LogP contribution in [-0.2, 0) is 4.74 Å². The number of nitrogens with zero attached hydrogens (tertiary/aromatic N) is 3. The Morgan fingerprint density at radius 3 is 2.68 bits per heavy atom. The van der Waals surface area contributed by atoms with E-state index >= 15 is 0 Å². The van der Waals surface area contributed by atoms with Crippen molar-refractivity contribution in [1.29, 1.82) is 0 Å². The monoisotopic (exact) mass is 304 g/mol. The minimum Gasteiger partial charge on any atom is -0.437 e. The molecule has 1 N–H and O–H groups in total. The third-order valence-electron chi connectivity index (χ3n) is 4.33. The van der Waals surface area contributed by atoms with Crippen molar-refractivity contribution in [2.75, 3.05) is 26.7 Å². The van der Waals surface area contributed by atoms with Gasteiger partial charge in [0.2, 0.25) is 0 Å². The third-order valence-corrected chi connectivity index (χ3v) is 4.33. The normalized spacial score (nSPS) is 22.7. The quantitative estimate of drug-likeness (QED) is 0.825. The maximum atomic E-state index is 12.4. The number of ether oxygens (including phenoxy) is 1. The maximum absolute atomic E-state index is 12.4. The largest absolute Gasteiger partial charge is 0.437 e. The summed E-state index contributed by atoms with van der Waals surface area (Å²) in [4.78, 5) is 45.6. The van der Waals surface area contributed by atoms with Crippen LogP contribution in [0.1, 0.15) is 35.1 Å². The molecule has 0 aromatic carbocycles. The number of hydrogen-bond acceptors (Lipinski definition) is 5. The van der Waals surface area contributed by atoms with Gasteiger partial charge in [0.05, 0.1) is 19.6 Å². The highest BCUT2D eigenvalue weighted by molar-refractivity contribution is 5.93. The summed E-state index contributed by atoms with van der Waals surface area (Å²) >= 11 is 0. The third kappa shape index (κ3) is 2.06. The standard InChI is InChI=1S/C14H16N4O4/c1-17-5-14(22-13(17)21)6-18(7-14)12(20)9-4-10(19)16-11(15-9)8-2-3-8/h4,8H,2-3,5-7H2,1H3,(H,15,16,19). The first kappa shape index (κ1) is 13.3. The molecule has 1 spiro atoms. The lowest BCUT2D eigenvalue weighted by molar-refractivity contribution is -0.0583. The molecule has 0 atom stereocenters. The summed E-state index contributed by atoms with van der Waals surface area (Å²) in [7, 11) is 1.67. The lowest BCUT2D eigenvalue weighted by atomic mass is 9.94. The van der Waals surface area contributed by atoms with Crippen LogP contribution < -0.4 is 5.56 Å². The predicted molar refractivity (Wildman–Crippen MR) is 74.6 cm³/mol. The molecule has 1 aliphatic carbocycles. The van der Waals surface area contributed by atoms with Crippen LogP contribution in [0.5, 0.6) is 0 Å². The fourth-order valence-electron chi connectivity index (χ4n) is 3.05. The van der Waals surface area contributed by atoms with Gasteiger partial charge in [0, 0.05) is 19.0 Å². The number of likely N-dealkylation sites (tertiary alicyclic amines) is 1. The molecule has 0 radical (unpaired) electrons. The van der Waals surface area contributed by atoms with Crippen LogP contribution in [0.4, 0.5) is 4.79 Å².